The second-order valence-electron chi connectivity index (χ2n) is 4.29. The second-order valence-corrected chi connectivity index (χ2v) is 4.29. The third-order valence-corrected chi connectivity index (χ3v) is 2.83. The topological polar surface area (TPSA) is 67.5 Å². The zero-order valence-electron chi connectivity index (χ0n) is 9.17. The van der Waals surface area contributed by atoms with E-state index in [1.807, 2.05) is 11.0 Å². The average molecular weight is 236 g/mol. The first kappa shape index (κ1) is 12.0. The molecule has 1 fully saturated rings. The molecule has 1 saturated heterocycles. The fourth-order valence-electron chi connectivity index (χ4n) is 2.04. The summed E-state index contributed by atoms with van der Waals surface area (Å²) in [6.45, 7) is 1.14. The van der Waals surface area contributed by atoms with Crippen molar-refractivity contribution in [3.63, 3.8) is 0 Å². The highest BCUT2D eigenvalue weighted by atomic mass is 19.1. The molecule has 0 unspecified atom stereocenters. The molecule has 0 spiro atoms. The number of aliphatic hydroxyl groups is 2. The number of halogens is 1. The molecule has 0 aromatic heterocycles. The van der Waals surface area contributed by atoms with E-state index in [9.17, 15) is 14.6 Å². The average Bonchev–Trinajstić information content (AvgIpc) is 2.57. The summed E-state index contributed by atoms with van der Waals surface area (Å²) in [5.74, 6) is -0.445. The van der Waals surface area contributed by atoms with Gasteiger partial charge in [0.2, 0.25) is 0 Å². The van der Waals surface area contributed by atoms with Gasteiger partial charge in [-0.1, -0.05) is 0 Å². The first-order chi connectivity index (χ1) is 8.08. The van der Waals surface area contributed by atoms with Crippen LogP contribution in [-0.4, -0.2) is 40.4 Å². The van der Waals surface area contributed by atoms with Gasteiger partial charge in [-0.2, -0.15) is 5.26 Å². The Hall–Kier alpha value is -1.48. The molecule has 1 aromatic rings. The van der Waals surface area contributed by atoms with Crippen LogP contribution in [0.25, 0.3) is 0 Å². The molecule has 0 radical (unpaired) electrons. The molecule has 1 aliphatic heterocycles. The van der Waals surface area contributed by atoms with Crippen molar-refractivity contribution in [1.29, 1.82) is 5.26 Å². The zero-order chi connectivity index (χ0) is 12.4. The number of nitrogens with zero attached hydrogens (tertiary/aromatic N) is 2. The van der Waals surface area contributed by atoms with E-state index in [0.29, 0.717) is 25.2 Å². The molecular weight excluding hydrogens is 223 g/mol. The summed E-state index contributed by atoms with van der Waals surface area (Å²) in [4.78, 5) is 1.82. The smallest absolute Gasteiger partial charge is 0.124 e. The zero-order valence-corrected chi connectivity index (χ0v) is 9.17. The van der Waals surface area contributed by atoms with E-state index in [2.05, 4.69) is 0 Å². The lowest BCUT2D eigenvalue weighted by Gasteiger charge is -2.14. The molecule has 90 valence electrons. The number of β-amino-alcohol motifs (C(OH)–C–C–N with tert-alkyl or cyclic N) is 2. The van der Waals surface area contributed by atoms with Crippen molar-refractivity contribution in [2.45, 2.75) is 18.8 Å². The van der Waals surface area contributed by atoms with E-state index in [1.54, 1.807) is 6.07 Å². The van der Waals surface area contributed by atoms with Crippen LogP contribution in [-0.2, 0) is 6.54 Å². The van der Waals surface area contributed by atoms with E-state index in [0.717, 1.165) is 0 Å². The van der Waals surface area contributed by atoms with E-state index in [-0.39, 0.29) is 5.56 Å². The summed E-state index contributed by atoms with van der Waals surface area (Å²) in [5, 5.41) is 27.5. The summed E-state index contributed by atoms with van der Waals surface area (Å²) in [5.41, 5.74) is 0.947. The van der Waals surface area contributed by atoms with Crippen LogP contribution in [0.3, 0.4) is 0 Å². The van der Waals surface area contributed by atoms with Crippen molar-refractivity contribution in [3.8, 4) is 6.07 Å². The van der Waals surface area contributed by atoms with Gasteiger partial charge in [-0.05, 0) is 23.8 Å². The van der Waals surface area contributed by atoms with Gasteiger partial charge in [-0.25, -0.2) is 4.39 Å². The van der Waals surface area contributed by atoms with Crippen LogP contribution in [0.5, 0.6) is 0 Å². The molecule has 0 saturated carbocycles. The van der Waals surface area contributed by atoms with Gasteiger partial charge in [0.25, 0.3) is 0 Å². The molecule has 0 bridgehead atoms. The largest absolute Gasteiger partial charge is 0.389 e. The van der Waals surface area contributed by atoms with Crippen LogP contribution < -0.4 is 0 Å². The minimum Gasteiger partial charge on any atom is -0.389 e. The van der Waals surface area contributed by atoms with E-state index < -0.39 is 18.0 Å². The van der Waals surface area contributed by atoms with Crippen LogP contribution in [0.4, 0.5) is 4.39 Å². The lowest BCUT2D eigenvalue weighted by Crippen LogP contribution is -2.22. The predicted octanol–water partition coefficient (Wildman–Crippen LogP) is 0.235. The normalized spacial score (nSPS) is 24.8. The summed E-state index contributed by atoms with van der Waals surface area (Å²) >= 11 is 0. The van der Waals surface area contributed by atoms with Gasteiger partial charge < -0.3 is 10.2 Å². The number of benzene rings is 1. The minimum absolute atomic E-state index is 0.278. The minimum atomic E-state index is -0.751. The first-order valence-electron chi connectivity index (χ1n) is 5.36. The number of aliphatic hydroxyl groups excluding tert-OH is 2. The van der Waals surface area contributed by atoms with Gasteiger partial charge in [-0.15, -0.1) is 0 Å². The maximum Gasteiger partial charge on any atom is 0.124 e. The molecule has 2 atom stereocenters. The SMILES string of the molecule is N#Cc1cc(F)cc(CN2C[C@@H](O)[C@@H](O)C2)c1. The number of rotatable bonds is 2. The molecule has 1 aliphatic rings. The highest BCUT2D eigenvalue weighted by Gasteiger charge is 2.29. The quantitative estimate of drug-likeness (QED) is 0.771. The molecule has 2 rings (SSSR count). The van der Waals surface area contributed by atoms with Gasteiger partial charge in [0.05, 0.1) is 23.8 Å². The van der Waals surface area contributed by atoms with E-state index >= 15 is 0 Å². The Kier molecular flexibility index (Phi) is 3.38. The lowest BCUT2D eigenvalue weighted by molar-refractivity contribution is 0.0572. The number of hydrogen-bond donors (Lipinski definition) is 2. The first-order valence-corrected chi connectivity index (χ1v) is 5.36. The fraction of sp³-hybridized carbons (Fsp3) is 0.417. The van der Waals surface area contributed by atoms with Crippen molar-refractivity contribution < 1.29 is 14.6 Å². The number of nitriles is 1. The predicted molar refractivity (Wildman–Crippen MR) is 58.4 cm³/mol. The van der Waals surface area contributed by atoms with Crippen molar-refractivity contribution in [2.75, 3.05) is 13.1 Å². The Morgan fingerprint density at radius 3 is 2.53 bits per heavy atom. The highest BCUT2D eigenvalue weighted by molar-refractivity contribution is 5.33. The summed E-state index contributed by atoms with van der Waals surface area (Å²) in [6, 6.07) is 6.04. The fourth-order valence-corrected chi connectivity index (χ4v) is 2.04. The van der Waals surface area contributed by atoms with Crippen molar-refractivity contribution in [3.05, 3.63) is 35.1 Å². The maximum absolute atomic E-state index is 13.2. The van der Waals surface area contributed by atoms with Gasteiger partial charge >= 0.3 is 0 Å². The van der Waals surface area contributed by atoms with Crippen LogP contribution in [0.15, 0.2) is 18.2 Å². The Morgan fingerprint density at radius 2 is 1.94 bits per heavy atom. The highest BCUT2D eigenvalue weighted by Crippen LogP contribution is 2.16. The molecule has 4 nitrogen and oxygen atoms in total. The number of likely N-dealkylation sites (tertiary alicyclic amines) is 1. The lowest BCUT2D eigenvalue weighted by atomic mass is 10.1. The molecular formula is C12H13FN2O2. The molecule has 2 N–H and O–H groups in total. The molecule has 0 aliphatic carbocycles. The Balaban J connectivity index is 2.09. The van der Waals surface area contributed by atoms with Crippen LogP contribution in [0.2, 0.25) is 0 Å². The molecule has 0 amide bonds. The summed E-state index contributed by atoms with van der Waals surface area (Å²) in [6.07, 6.45) is -1.50. The Morgan fingerprint density at radius 1 is 1.29 bits per heavy atom. The maximum atomic E-state index is 13.2. The van der Waals surface area contributed by atoms with E-state index in [1.165, 1.54) is 12.1 Å². The second kappa shape index (κ2) is 4.80. The van der Waals surface area contributed by atoms with Gasteiger partial charge in [-0.3, -0.25) is 4.90 Å². The number of hydrogen-bond acceptors (Lipinski definition) is 4. The van der Waals surface area contributed by atoms with Crippen LogP contribution in [0, 0.1) is 17.1 Å². The van der Waals surface area contributed by atoms with Gasteiger partial charge in [0.1, 0.15) is 5.82 Å². The third kappa shape index (κ3) is 2.80. The van der Waals surface area contributed by atoms with Crippen molar-refractivity contribution in [1.82, 2.24) is 4.90 Å². The molecule has 1 heterocycles. The monoisotopic (exact) mass is 236 g/mol. The van der Waals surface area contributed by atoms with E-state index in [4.69, 9.17) is 5.26 Å². The van der Waals surface area contributed by atoms with Gasteiger partial charge in [0, 0.05) is 19.6 Å². The van der Waals surface area contributed by atoms with Crippen molar-refractivity contribution >= 4 is 0 Å². The Bertz CT molecular complexity index is 448. The van der Waals surface area contributed by atoms with Crippen LogP contribution in [0.1, 0.15) is 11.1 Å². The Labute approximate surface area is 98.5 Å². The molecule has 5 heteroatoms. The third-order valence-electron chi connectivity index (χ3n) is 2.83. The molecule has 17 heavy (non-hydrogen) atoms. The van der Waals surface area contributed by atoms with Crippen LogP contribution >= 0.6 is 0 Å². The van der Waals surface area contributed by atoms with Crippen molar-refractivity contribution in [2.24, 2.45) is 0 Å². The molecule has 1 aromatic carbocycles. The van der Waals surface area contributed by atoms with Gasteiger partial charge in [0.15, 0.2) is 0 Å². The standard InChI is InChI=1S/C12H13FN2O2/c13-10-2-8(4-14)1-9(3-10)5-15-6-11(16)12(17)7-15/h1-3,11-12,16-17H,5-7H2/t11-,12+. The summed E-state index contributed by atoms with van der Waals surface area (Å²) in [7, 11) is 0. The summed E-state index contributed by atoms with van der Waals surface area (Å²) < 4.78 is 13.2.